The molecule has 0 unspecified atom stereocenters. The zero-order chi connectivity index (χ0) is 25.2. The molecule has 0 saturated carbocycles. The van der Waals surface area contributed by atoms with E-state index in [0.717, 1.165) is 93.3 Å². The topological polar surface area (TPSA) is 88.4 Å². The molecule has 7 nitrogen and oxygen atoms in total. The minimum atomic E-state index is -0.688. The van der Waals surface area contributed by atoms with Gasteiger partial charge < -0.3 is 14.7 Å². The van der Waals surface area contributed by atoms with E-state index in [2.05, 4.69) is 32.2 Å². The number of unbranched alkanes of at least 4 members (excludes halogenated alkanes) is 1. The van der Waals surface area contributed by atoms with Crippen molar-refractivity contribution in [2.24, 2.45) is 11.8 Å². The molecule has 0 spiro atoms. The van der Waals surface area contributed by atoms with E-state index in [1.165, 1.54) is 5.56 Å². The third-order valence-electron chi connectivity index (χ3n) is 7.55. The second kappa shape index (κ2) is 13.3. The maximum atomic E-state index is 11.3. The van der Waals surface area contributed by atoms with Crippen molar-refractivity contribution in [1.82, 2.24) is 20.1 Å². The van der Waals surface area contributed by atoms with E-state index < -0.39 is 5.97 Å². The number of ether oxygens (including phenoxy) is 1. The van der Waals surface area contributed by atoms with Crippen molar-refractivity contribution in [2.75, 3.05) is 26.7 Å². The molecule has 0 bridgehead atoms. The summed E-state index contributed by atoms with van der Waals surface area (Å²) < 4.78 is 5.42. The van der Waals surface area contributed by atoms with Crippen molar-refractivity contribution < 1.29 is 14.6 Å². The lowest BCUT2D eigenvalue weighted by atomic mass is 9.79. The van der Waals surface area contributed by atoms with Crippen LogP contribution in [0.25, 0.3) is 10.9 Å². The van der Waals surface area contributed by atoms with Crippen LogP contribution < -0.4 is 4.74 Å². The van der Waals surface area contributed by atoms with Crippen LogP contribution in [0.4, 0.5) is 0 Å². The molecule has 192 valence electrons. The summed E-state index contributed by atoms with van der Waals surface area (Å²) >= 11 is 0. The van der Waals surface area contributed by atoms with Crippen molar-refractivity contribution in [3.05, 3.63) is 60.0 Å². The van der Waals surface area contributed by atoms with Gasteiger partial charge in [0, 0.05) is 30.7 Å². The highest BCUT2D eigenvalue weighted by Gasteiger charge is 2.29. The molecule has 0 radical (unpaired) electrons. The van der Waals surface area contributed by atoms with Gasteiger partial charge in [-0.2, -0.15) is 10.2 Å². The number of hydrogen-bond acceptors (Lipinski definition) is 6. The number of aromatic nitrogens is 3. The summed E-state index contributed by atoms with van der Waals surface area (Å²) in [5.41, 5.74) is 3.36. The molecule has 1 aromatic carbocycles. The van der Waals surface area contributed by atoms with Gasteiger partial charge in [0.05, 0.1) is 18.3 Å². The highest BCUT2D eigenvalue weighted by Crippen LogP contribution is 2.32. The molecule has 4 rings (SSSR count). The van der Waals surface area contributed by atoms with Crippen molar-refractivity contribution in [1.29, 1.82) is 0 Å². The molecule has 1 saturated heterocycles. The Morgan fingerprint density at radius 1 is 1.08 bits per heavy atom. The lowest BCUT2D eigenvalue weighted by Crippen LogP contribution is -2.41. The molecule has 0 amide bonds. The Morgan fingerprint density at radius 2 is 2.00 bits per heavy atom. The Bertz CT molecular complexity index is 1110. The third kappa shape index (κ3) is 7.47. The van der Waals surface area contributed by atoms with Gasteiger partial charge in [-0.05, 0) is 118 Å². The number of piperidine rings is 1. The van der Waals surface area contributed by atoms with E-state index in [-0.39, 0.29) is 6.42 Å². The molecular formula is C29H38N4O3. The first-order valence-corrected chi connectivity index (χ1v) is 13.2. The van der Waals surface area contributed by atoms with Gasteiger partial charge in [0.15, 0.2) is 0 Å². The van der Waals surface area contributed by atoms with Crippen LogP contribution in [-0.4, -0.2) is 57.9 Å². The molecule has 7 heteroatoms. The number of methoxy groups -OCH3 is 1. The molecule has 1 aliphatic heterocycles. The number of pyridine rings is 1. The fourth-order valence-electron chi connectivity index (χ4n) is 5.57. The molecule has 2 aromatic heterocycles. The minimum Gasteiger partial charge on any atom is -0.497 e. The van der Waals surface area contributed by atoms with E-state index in [0.29, 0.717) is 11.8 Å². The fourth-order valence-corrected chi connectivity index (χ4v) is 5.57. The van der Waals surface area contributed by atoms with Gasteiger partial charge in [0.25, 0.3) is 0 Å². The number of carboxylic acid groups (broad SMARTS) is 1. The van der Waals surface area contributed by atoms with Crippen LogP contribution in [0.5, 0.6) is 5.75 Å². The maximum Gasteiger partial charge on any atom is 0.303 e. The van der Waals surface area contributed by atoms with Crippen LogP contribution >= 0.6 is 0 Å². The molecule has 2 atom stereocenters. The number of carbonyl (C=O) groups is 1. The van der Waals surface area contributed by atoms with Gasteiger partial charge >= 0.3 is 5.97 Å². The number of hydrogen-bond donors (Lipinski definition) is 1. The summed E-state index contributed by atoms with van der Waals surface area (Å²) in [5.74, 6) is 1.20. The number of nitrogens with zero attached hydrogens (tertiary/aromatic N) is 4. The van der Waals surface area contributed by atoms with E-state index in [4.69, 9.17) is 4.74 Å². The lowest BCUT2D eigenvalue weighted by molar-refractivity contribution is -0.137. The van der Waals surface area contributed by atoms with Gasteiger partial charge in [-0.25, -0.2) is 0 Å². The predicted octanol–water partition coefficient (Wildman–Crippen LogP) is 5.18. The highest BCUT2D eigenvalue weighted by atomic mass is 16.5. The van der Waals surface area contributed by atoms with Crippen molar-refractivity contribution >= 4 is 16.9 Å². The van der Waals surface area contributed by atoms with Crippen LogP contribution in [0, 0.1) is 11.8 Å². The molecule has 3 heterocycles. The van der Waals surface area contributed by atoms with E-state index in [1.807, 2.05) is 30.5 Å². The van der Waals surface area contributed by atoms with Crippen LogP contribution in [0.2, 0.25) is 0 Å². The smallest absolute Gasteiger partial charge is 0.303 e. The average molecular weight is 491 g/mol. The van der Waals surface area contributed by atoms with Gasteiger partial charge in [0.2, 0.25) is 0 Å². The average Bonchev–Trinajstić information content (AvgIpc) is 2.91. The summed E-state index contributed by atoms with van der Waals surface area (Å²) in [4.78, 5) is 18.4. The number of rotatable bonds is 13. The summed E-state index contributed by atoms with van der Waals surface area (Å²) in [7, 11) is 1.69. The summed E-state index contributed by atoms with van der Waals surface area (Å²) in [6, 6.07) is 12.1. The Labute approximate surface area is 213 Å². The standard InChI is InChI=1S/C29H38N4O3/c1-36-26-11-12-28-27(20-26)23(14-17-30-28)7-4-6-22-15-19-33(21-24(22)10-13-29(34)35)18-3-2-8-25-9-5-16-31-32-25/h5,9,11-12,14,16-17,20,22,24H,2-4,6-8,10,13,15,18-19,21H2,1H3,(H,34,35)/t22-,24+/m1/s1. The molecule has 36 heavy (non-hydrogen) atoms. The number of likely N-dealkylation sites (tertiary alicyclic amines) is 1. The first-order chi connectivity index (χ1) is 17.6. The quantitative estimate of drug-likeness (QED) is 0.330. The van der Waals surface area contributed by atoms with Crippen molar-refractivity contribution in [2.45, 2.75) is 57.8 Å². The number of aliphatic carboxylic acids is 1. The van der Waals surface area contributed by atoms with Crippen LogP contribution in [0.1, 0.15) is 56.2 Å². The largest absolute Gasteiger partial charge is 0.497 e. The predicted molar refractivity (Wildman–Crippen MR) is 141 cm³/mol. The van der Waals surface area contributed by atoms with Gasteiger partial charge in [-0.15, -0.1) is 0 Å². The number of carboxylic acids is 1. The first-order valence-electron chi connectivity index (χ1n) is 13.2. The summed E-state index contributed by atoms with van der Waals surface area (Å²) in [6.07, 6.45) is 12.2. The van der Waals surface area contributed by atoms with Gasteiger partial charge in [0.1, 0.15) is 5.75 Å². The normalized spacial score (nSPS) is 18.4. The lowest BCUT2D eigenvalue weighted by Gasteiger charge is -2.39. The van der Waals surface area contributed by atoms with Gasteiger partial charge in [-0.3, -0.25) is 9.78 Å². The van der Waals surface area contributed by atoms with E-state index in [1.54, 1.807) is 13.3 Å². The summed E-state index contributed by atoms with van der Waals surface area (Å²) in [5, 5.41) is 18.6. The zero-order valence-corrected chi connectivity index (χ0v) is 21.3. The second-order valence-electron chi connectivity index (χ2n) is 9.96. The Morgan fingerprint density at radius 3 is 2.81 bits per heavy atom. The van der Waals surface area contributed by atoms with Crippen LogP contribution in [0.3, 0.4) is 0 Å². The second-order valence-corrected chi connectivity index (χ2v) is 9.96. The number of fused-ring (bicyclic) bond motifs is 1. The zero-order valence-electron chi connectivity index (χ0n) is 21.3. The van der Waals surface area contributed by atoms with Crippen molar-refractivity contribution in [3.8, 4) is 5.75 Å². The molecule has 1 fully saturated rings. The number of benzene rings is 1. The molecule has 0 aliphatic carbocycles. The Balaban J connectivity index is 1.28. The molecule has 3 aromatic rings. The SMILES string of the molecule is COc1ccc2nccc(CCC[C@@H]3CCN(CCCCc4cccnn4)C[C@@H]3CCC(=O)O)c2c1. The fraction of sp³-hybridized carbons (Fsp3) is 0.517. The third-order valence-corrected chi connectivity index (χ3v) is 7.55. The number of aryl methyl sites for hydroxylation is 2. The summed E-state index contributed by atoms with van der Waals surface area (Å²) in [6.45, 7) is 3.19. The van der Waals surface area contributed by atoms with Gasteiger partial charge in [-0.1, -0.05) is 0 Å². The first kappa shape index (κ1) is 26.0. The molecule has 1 aliphatic rings. The Hall–Kier alpha value is -3.06. The van der Waals surface area contributed by atoms with Crippen LogP contribution in [-0.2, 0) is 17.6 Å². The Kier molecular flexibility index (Phi) is 9.61. The highest BCUT2D eigenvalue weighted by molar-refractivity contribution is 5.83. The molecular weight excluding hydrogens is 452 g/mol. The van der Waals surface area contributed by atoms with E-state index >= 15 is 0 Å². The van der Waals surface area contributed by atoms with E-state index in [9.17, 15) is 9.90 Å². The maximum absolute atomic E-state index is 11.3. The van der Waals surface area contributed by atoms with Crippen molar-refractivity contribution in [3.63, 3.8) is 0 Å². The monoisotopic (exact) mass is 490 g/mol. The van der Waals surface area contributed by atoms with Crippen LogP contribution in [0.15, 0.2) is 48.8 Å². The molecule has 1 N–H and O–H groups in total. The minimum absolute atomic E-state index is 0.260.